The number of rotatable bonds is 5. The molecule has 0 fully saturated rings. The summed E-state index contributed by atoms with van der Waals surface area (Å²) in [5.41, 5.74) is 1.56. The molecule has 0 saturated heterocycles. The van der Waals surface area contributed by atoms with Crippen molar-refractivity contribution in [1.82, 2.24) is 9.97 Å². The Kier molecular flexibility index (Phi) is 5.40. The molecule has 0 bridgehead atoms. The molecule has 0 saturated carbocycles. The third-order valence-electron chi connectivity index (χ3n) is 4.55. The van der Waals surface area contributed by atoms with Crippen LogP contribution in [0.25, 0.3) is 0 Å². The van der Waals surface area contributed by atoms with Crippen LogP contribution in [0.15, 0.2) is 47.5 Å². The van der Waals surface area contributed by atoms with Crippen molar-refractivity contribution in [3.8, 4) is 5.75 Å². The largest absolute Gasteiger partial charge is 0.494 e. The molecular weight excluding hydrogens is 424 g/mol. The first-order chi connectivity index (χ1) is 14.7. The average molecular weight is 443 g/mol. The van der Waals surface area contributed by atoms with Gasteiger partial charge in [0, 0.05) is 22.3 Å². The number of hydrogen-bond donors (Lipinski definition) is 3. The molecular formula is C21H19F2N5O2S. The number of thioether (sulfide) groups is 1. The Balaban J connectivity index is 1.55. The van der Waals surface area contributed by atoms with Crippen LogP contribution < -0.4 is 20.7 Å². The van der Waals surface area contributed by atoms with E-state index in [1.807, 2.05) is 19.9 Å². The Hall–Kier alpha value is -3.40. The Labute approximate surface area is 181 Å². The number of carbonyl (C=O) groups is 1. The summed E-state index contributed by atoms with van der Waals surface area (Å²) in [5.74, 6) is -1.20. The van der Waals surface area contributed by atoms with Gasteiger partial charge in [0.25, 0.3) is 0 Å². The number of fused-ring (bicyclic) bond motifs is 1. The summed E-state index contributed by atoms with van der Waals surface area (Å²) >= 11 is 1.46. The van der Waals surface area contributed by atoms with Crippen molar-refractivity contribution in [3.05, 3.63) is 54.2 Å². The molecule has 0 aliphatic carbocycles. The summed E-state index contributed by atoms with van der Waals surface area (Å²) < 4.78 is 32.5. The van der Waals surface area contributed by atoms with Crippen LogP contribution >= 0.6 is 11.8 Å². The summed E-state index contributed by atoms with van der Waals surface area (Å²) in [4.78, 5) is 21.2. The van der Waals surface area contributed by atoms with Gasteiger partial charge in [0.15, 0.2) is 23.2 Å². The molecule has 0 atom stereocenters. The SMILES string of the molecule is COc1ccc(Nc2ncc(F)c(Nc3ccc4c(c3)NC(=O)C(C)(C)S4)n2)cc1F. The fourth-order valence-corrected chi connectivity index (χ4v) is 3.96. The maximum atomic E-state index is 14.3. The quantitative estimate of drug-likeness (QED) is 0.507. The highest BCUT2D eigenvalue weighted by atomic mass is 32.2. The molecule has 160 valence electrons. The van der Waals surface area contributed by atoms with Crippen LogP contribution in [0.2, 0.25) is 0 Å². The molecule has 2 heterocycles. The van der Waals surface area contributed by atoms with Crippen LogP contribution in [0, 0.1) is 11.6 Å². The molecule has 0 unspecified atom stereocenters. The van der Waals surface area contributed by atoms with E-state index in [0.717, 1.165) is 11.1 Å². The lowest BCUT2D eigenvalue weighted by molar-refractivity contribution is -0.117. The van der Waals surface area contributed by atoms with Gasteiger partial charge in [-0.1, -0.05) is 0 Å². The molecule has 1 aliphatic heterocycles. The Morgan fingerprint density at radius 3 is 2.55 bits per heavy atom. The topological polar surface area (TPSA) is 88.2 Å². The van der Waals surface area contributed by atoms with E-state index >= 15 is 0 Å². The van der Waals surface area contributed by atoms with Gasteiger partial charge in [-0.3, -0.25) is 4.79 Å². The van der Waals surface area contributed by atoms with E-state index in [-0.39, 0.29) is 23.4 Å². The van der Waals surface area contributed by atoms with Crippen LogP contribution in [0.3, 0.4) is 0 Å². The number of methoxy groups -OCH3 is 1. The molecule has 1 aliphatic rings. The number of nitrogens with zero attached hydrogens (tertiary/aromatic N) is 2. The van der Waals surface area contributed by atoms with E-state index in [0.29, 0.717) is 17.1 Å². The van der Waals surface area contributed by atoms with Gasteiger partial charge in [0.05, 0.1) is 23.7 Å². The Morgan fingerprint density at radius 2 is 1.81 bits per heavy atom. The summed E-state index contributed by atoms with van der Waals surface area (Å²) in [5, 5.41) is 8.59. The summed E-state index contributed by atoms with van der Waals surface area (Å²) in [6.07, 6.45) is 1.01. The molecule has 3 aromatic rings. The minimum absolute atomic E-state index is 0.0680. The standard InChI is InChI=1S/C21H19F2N5O2S/c1-21(2)19(29)27-15-9-12(5-7-17(15)31-21)25-18-14(23)10-24-20(28-18)26-11-4-6-16(30-3)13(22)8-11/h4-10H,1-3H3,(H,27,29)(H2,24,25,26,28). The second-order valence-corrected chi connectivity index (χ2v) is 8.93. The van der Waals surface area contributed by atoms with Crippen molar-refractivity contribution in [2.24, 2.45) is 0 Å². The highest BCUT2D eigenvalue weighted by Gasteiger charge is 2.34. The third kappa shape index (κ3) is 4.38. The van der Waals surface area contributed by atoms with Crippen molar-refractivity contribution in [2.45, 2.75) is 23.5 Å². The molecule has 31 heavy (non-hydrogen) atoms. The zero-order chi connectivity index (χ0) is 22.2. The number of halogens is 2. The maximum Gasteiger partial charge on any atom is 0.240 e. The second kappa shape index (κ2) is 8.03. The van der Waals surface area contributed by atoms with E-state index in [4.69, 9.17) is 4.74 Å². The minimum Gasteiger partial charge on any atom is -0.494 e. The normalized spacial score (nSPS) is 14.4. The molecule has 4 rings (SSSR count). The molecule has 10 heteroatoms. The van der Waals surface area contributed by atoms with Crippen LogP contribution in [0.4, 0.5) is 37.6 Å². The van der Waals surface area contributed by atoms with Gasteiger partial charge in [0.1, 0.15) is 0 Å². The van der Waals surface area contributed by atoms with Crippen molar-refractivity contribution in [1.29, 1.82) is 0 Å². The number of hydrogen-bond acceptors (Lipinski definition) is 7. The fraction of sp³-hybridized carbons (Fsp3) is 0.190. The number of anilines is 5. The first-order valence-electron chi connectivity index (χ1n) is 9.30. The molecule has 3 N–H and O–H groups in total. The summed E-state index contributed by atoms with van der Waals surface area (Å²) in [7, 11) is 1.37. The molecule has 2 aromatic carbocycles. The second-order valence-electron chi connectivity index (χ2n) is 7.27. The van der Waals surface area contributed by atoms with Gasteiger partial charge in [0.2, 0.25) is 11.9 Å². The number of amides is 1. The van der Waals surface area contributed by atoms with Gasteiger partial charge >= 0.3 is 0 Å². The smallest absolute Gasteiger partial charge is 0.240 e. The van der Waals surface area contributed by atoms with Crippen molar-refractivity contribution in [3.63, 3.8) is 0 Å². The zero-order valence-corrected chi connectivity index (χ0v) is 17.7. The zero-order valence-electron chi connectivity index (χ0n) is 16.9. The number of ether oxygens (including phenoxy) is 1. The molecule has 1 aromatic heterocycles. The molecule has 0 radical (unpaired) electrons. The van der Waals surface area contributed by atoms with Crippen LogP contribution in [-0.2, 0) is 4.79 Å². The monoisotopic (exact) mass is 443 g/mol. The van der Waals surface area contributed by atoms with Gasteiger partial charge in [-0.25, -0.2) is 13.8 Å². The Morgan fingerprint density at radius 1 is 1.06 bits per heavy atom. The third-order valence-corrected chi connectivity index (χ3v) is 5.83. The van der Waals surface area contributed by atoms with Crippen molar-refractivity contribution < 1.29 is 18.3 Å². The van der Waals surface area contributed by atoms with E-state index in [1.165, 1.54) is 31.0 Å². The number of nitrogens with one attached hydrogen (secondary N) is 3. The van der Waals surface area contributed by atoms with Crippen LogP contribution in [0.5, 0.6) is 5.75 Å². The average Bonchev–Trinajstić information content (AvgIpc) is 2.71. The van der Waals surface area contributed by atoms with E-state index in [1.54, 1.807) is 18.2 Å². The lowest BCUT2D eigenvalue weighted by Crippen LogP contribution is -2.37. The molecule has 7 nitrogen and oxygen atoms in total. The number of benzene rings is 2. The van der Waals surface area contributed by atoms with Crippen LogP contribution in [-0.4, -0.2) is 27.7 Å². The van der Waals surface area contributed by atoms with Crippen molar-refractivity contribution in [2.75, 3.05) is 23.1 Å². The molecule has 1 amide bonds. The van der Waals surface area contributed by atoms with Crippen molar-refractivity contribution >= 4 is 46.5 Å². The van der Waals surface area contributed by atoms with E-state index < -0.39 is 16.4 Å². The summed E-state index contributed by atoms with van der Waals surface area (Å²) in [6.45, 7) is 3.70. The molecule has 0 spiro atoms. The lowest BCUT2D eigenvalue weighted by atomic mass is 10.1. The Bertz CT molecular complexity index is 1170. The first-order valence-corrected chi connectivity index (χ1v) is 10.1. The van der Waals surface area contributed by atoms with Gasteiger partial charge in [-0.05, 0) is 44.2 Å². The predicted molar refractivity (Wildman–Crippen MR) is 117 cm³/mol. The van der Waals surface area contributed by atoms with Crippen LogP contribution in [0.1, 0.15) is 13.8 Å². The summed E-state index contributed by atoms with van der Waals surface area (Å²) in [6, 6.07) is 9.61. The minimum atomic E-state index is -0.663. The van der Waals surface area contributed by atoms with E-state index in [2.05, 4.69) is 25.9 Å². The van der Waals surface area contributed by atoms with E-state index in [9.17, 15) is 13.6 Å². The van der Waals surface area contributed by atoms with Gasteiger partial charge in [-0.2, -0.15) is 4.98 Å². The highest BCUT2D eigenvalue weighted by Crippen LogP contribution is 2.43. The number of carbonyl (C=O) groups excluding carboxylic acids is 1. The fourth-order valence-electron chi connectivity index (χ4n) is 2.91. The first kappa shape index (κ1) is 20.9. The lowest BCUT2D eigenvalue weighted by Gasteiger charge is -2.30. The maximum absolute atomic E-state index is 14.3. The number of aromatic nitrogens is 2. The highest BCUT2D eigenvalue weighted by molar-refractivity contribution is 8.01. The predicted octanol–water partition coefficient (Wildman–Crippen LogP) is 5.07. The van der Waals surface area contributed by atoms with Gasteiger partial charge < -0.3 is 20.7 Å². The van der Waals surface area contributed by atoms with Gasteiger partial charge in [-0.15, -0.1) is 11.8 Å².